The van der Waals surface area contributed by atoms with Gasteiger partial charge in [0.2, 0.25) is 0 Å². The highest BCUT2D eigenvalue weighted by atomic mass is 31.2. The van der Waals surface area contributed by atoms with Crippen LogP contribution >= 0.6 is 7.82 Å². The zero-order valence-corrected chi connectivity index (χ0v) is 10.5. The van der Waals surface area contributed by atoms with E-state index in [9.17, 15) is 30.9 Å². The molecule has 12 heteroatoms. The van der Waals surface area contributed by atoms with Crippen LogP contribution in [0.5, 0.6) is 0 Å². The largest absolute Gasteiger partial charge is 0.488 e. The molecule has 0 aliphatic rings. The Balaban J connectivity index is 4.61. The molecule has 0 aliphatic carbocycles. The molecule has 0 aromatic rings. The molecule has 0 rings (SSSR count). The Kier molecular flexibility index (Phi) is 5.85. The first kappa shape index (κ1) is 18.7. The first-order valence-corrected chi connectivity index (χ1v) is 6.25. The van der Waals surface area contributed by atoms with E-state index in [1.165, 1.54) is 0 Å². The van der Waals surface area contributed by atoms with E-state index < -0.39 is 45.0 Å². The topological polar surface area (TPSA) is 81.8 Å². The fourth-order valence-electron chi connectivity index (χ4n) is 1.08. The number of phosphoric acid groups is 1. The summed E-state index contributed by atoms with van der Waals surface area (Å²) in [6.45, 7) is -0.836. The Hall–Kier alpha value is -0.350. The van der Waals surface area contributed by atoms with E-state index in [4.69, 9.17) is 4.89 Å². The molecule has 5 nitrogen and oxygen atoms in total. The van der Waals surface area contributed by atoms with Crippen LogP contribution in [0, 0.1) is 5.41 Å². The van der Waals surface area contributed by atoms with Crippen LogP contribution in [0.25, 0.3) is 0 Å². The van der Waals surface area contributed by atoms with Gasteiger partial charge in [-0.15, -0.1) is 0 Å². The molecule has 0 radical (unpaired) electrons. The van der Waals surface area contributed by atoms with Crippen molar-refractivity contribution < 1.29 is 44.9 Å². The third kappa shape index (κ3) is 4.92. The van der Waals surface area contributed by atoms with Crippen LogP contribution in [0.1, 0.15) is 19.8 Å². The minimum atomic E-state index is -5.50. The molecule has 0 spiro atoms. The van der Waals surface area contributed by atoms with E-state index in [1.54, 1.807) is 0 Å². The lowest BCUT2D eigenvalue weighted by Gasteiger charge is -2.33. The van der Waals surface area contributed by atoms with Gasteiger partial charge in [0.25, 0.3) is 0 Å². The van der Waals surface area contributed by atoms with Gasteiger partial charge in [-0.2, -0.15) is 26.3 Å². The maximum absolute atomic E-state index is 12.4. The van der Waals surface area contributed by atoms with Gasteiger partial charge in [0.1, 0.15) is 0 Å². The van der Waals surface area contributed by atoms with Crippen LogP contribution in [0.2, 0.25) is 0 Å². The third-order valence-corrected chi connectivity index (χ3v) is 3.24. The summed E-state index contributed by atoms with van der Waals surface area (Å²) in [6.07, 6.45) is -13.1. The Labute approximate surface area is 104 Å². The van der Waals surface area contributed by atoms with Crippen molar-refractivity contribution in [2.75, 3.05) is 6.61 Å². The highest BCUT2D eigenvalue weighted by Gasteiger charge is 2.66. The molecule has 0 saturated carbocycles. The van der Waals surface area contributed by atoms with Gasteiger partial charge in [-0.1, -0.05) is 0 Å². The number of nitrogens with two attached hydrogens (primary N) is 1. The van der Waals surface area contributed by atoms with Crippen LogP contribution in [0.3, 0.4) is 0 Å². The van der Waals surface area contributed by atoms with E-state index in [0.717, 1.165) is 0 Å². The van der Waals surface area contributed by atoms with Gasteiger partial charge in [0, 0.05) is 0 Å². The van der Waals surface area contributed by atoms with Crippen molar-refractivity contribution >= 4 is 7.82 Å². The van der Waals surface area contributed by atoms with Crippen molar-refractivity contribution in [1.29, 1.82) is 0 Å². The van der Waals surface area contributed by atoms with Gasteiger partial charge < -0.3 is 4.89 Å². The van der Waals surface area contributed by atoms with Gasteiger partial charge in [-0.3, -0.25) is 4.52 Å². The lowest BCUT2D eigenvalue weighted by atomic mass is 9.84. The first-order valence-electron chi connectivity index (χ1n) is 4.76. The van der Waals surface area contributed by atoms with E-state index in [1.807, 2.05) is 0 Å². The number of rotatable bonds is 6. The summed E-state index contributed by atoms with van der Waals surface area (Å²) in [5.74, 6) is 4.31. The second-order valence-corrected chi connectivity index (χ2v) is 5.24. The van der Waals surface area contributed by atoms with E-state index >= 15 is 0 Å². The Morgan fingerprint density at radius 3 is 1.89 bits per heavy atom. The molecule has 1 unspecified atom stereocenters. The van der Waals surface area contributed by atoms with Crippen molar-refractivity contribution in [2.24, 2.45) is 11.3 Å². The second kappa shape index (κ2) is 5.96. The van der Waals surface area contributed by atoms with Gasteiger partial charge in [-0.05, 0) is 19.8 Å². The standard InChI is InChI=1S/C7H12F6NO4P/c1-5(6(8,9)10,7(11,12)13)3-2-4-17-19(15,16)18-14/h2-4,14H2,1H3,(H,15,16). The maximum atomic E-state index is 12.4. The normalized spacial score (nSPS) is 17.3. The SMILES string of the molecule is CC(CCCOP(=O)(O)ON)(C(F)(F)F)C(F)(F)F. The summed E-state index contributed by atoms with van der Waals surface area (Å²) in [6, 6.07) is 0. The molecule has 0 bridgehead atoms. The molecule has 3 N–H and O–H groups in total. The Morgan fingerprint density at radius 2 is 1.58 bits per heavy atom. The molecule has 0 aromatic carbocycles. The summed E-state index contributed by atoms with van der Waals surface area (Å²) in [4.78, 5) is 8.61. The molecule has 116 valence electrons. The zero-order chi connectivity index (χ0) is 15.5. The van der Waals surface area contributed by atoms with Crippen LogP contribution in [0.15, 0.2) is 0 Å². The van der Waals surface area contributed by atoms with Crippen LogP contribution < -0.4 is 5.90 Å². The number of hydrogen-bond donors (Lipinski definition) is 2. The molecule has 0 aliphatic heterocycles. The van der Waals surface area contributed by atoms with E-state index in [-0.39, 0.29) is 6.92 Å². The van der Waals surface area contributed by atoms with Crippen molar-refractivity contribution in [3.63, 3.8) is 0 Å². The summed E-state index contributed by atoms with van der Waals surface area (Å²) < 4.78 is 92.6. The van der Waals surface area contributed by atoms with Gasteiger partial charge >= 0.3 is 20.2 Å². The second-order valence-electron chi connectivity index (χ2n) is 3.84. The molecule has 0 aromatic heterocycles. The Bertz CT molecular complexity index is 329. The monoisotopic (exact) mass is 319 g/mol. The van der Waals surface area contributed by atoms with Crippen molar-refractivity contribution in [2.45, 2.75) is 32.1 Å². The quantitative estimate of drug-likeness (QED) is 0.340. The molecule has 0 saturated heterocycles. The number of alkyl halides is 6. The predicted molar refractivity (Wildman–Crippen MR) is 50.5 cm³/mol. The molecule has 0 fully saturated rings. The van der Waals surface area contributed by atoms with Crippen molar-refractivity contribution in [1.82, 2.24) is 0 Å². The molecule has 19 heavy (non-hydrogen) atoms. The molecule has 0 amide bonds. The molecular weight excluding hydrogens is 307 g/mol. The third-order valence-electron chi connectivity index (χ3n) is 2.46. The predicted octanol–water partition coefficient (Wildman–Crippen LogP) is 2.90. The molecule has 1 atom stereocenters. The van der Waals surface area contributed by atoms with E-state index in [2.05, 4.69) is 15.0 Å². The average molecular weight is 319 g/mol. The lowest BCUT2D eigenvalue weighted by molar-refractivity contribution is -0.336. The average Bonchev–Trinajstić information content (AvgIpc) is 2.21. The van der Waals surface area contributed by atoms with E-state index in [0.29, 0.717) is 0 Å². The van der Waals surface area contributed by atoms with Gasteiger partial charge in [0.05, 0.1) is 6.61 Å². The summed E-state index contributed by atoms with van der Waals surface area (Å²) >= 11 is 0. The molecular formula is C7H12F6NO4P. The summed E-state index contributed by atoms with van der Waals surface area (Å²) in [7, 11) is -4.62. The molecule has 0 heterocycles. The minimum Gasteiger partial charge on any atom is -0.302 e. The fourth-order valence-corrected chi connectivity index (χ4v) is 1.50. The summed E-state index contributed by atoms with van der Waals surface area (Å²) in [5.41, 5.74) is -3.92. The van der Waals surface area contributed by atoms with Crippen LogP contribution in [-0.2, 0) is 13.7 Å². The highest BCUT2D eigenvalue weighted by Crippen LogP contribution is 2.53. The Morgan fingerprint density at radius 1 is 1.16 bits per heavy atom. The zero-order valence-electron chi connectivity index (χ0n) is 9.59. The van der Waals surface area contributed by atoms with Crippen LogP contribution in [-0.4, -0.2) is 23.9 Å². The van der Waals surface area contributed by atoms with Crippen molar-refractivity contribution in [3.8, 4) is 0 Å². The van der Waals surface area contributed by atoms with Gasteiger partial charge in [-0.25, -0.2) is 15.1 Å². The highest BCUT2D eigenvalue weighted by molar-refractivity contribution is 7.47. The number of hydrogen-bond acceptors (Lipinski definition) is 4. The smallest absolute Gasteiger partial charge is 0.302 e. The maximum Gasteiger partial charge on any atom is 0.488 e. The van der Waals surface area contributed by atoms with Gasteiger partial charge in [0.15, 0.2) is 5.41 Å². The van der Waals surface area contributed by atoms with Crippen molar-refractivity contribution in [3.05, 3.63) is 0 Å². The lowest BCUT2D eigenvalue weighted by Crippen LogP contribution is -2.47. The van der Waals surface area contributed by atoms with Crippen LogP contribution in [0.4, 0.5) is 26.3 Å². The number of phosphoric ester groups is 1. The first-order chi connectivity index (χ1) is 8.27. The fraction of sp³-hybridized carbons (Fsp3) is 1.00. The minimum absolute atomic E-state index is 0.00493. The summed E-state index contributed by atoms with van der Waals surface area (Å²) in [5, 5.41) is 0. The number of halogens is 6.